The predicted molar refractivity (Wildman–Crippen MR) is 71.9 cm³/mol. The number of hydrogen-bond acceptors (Lipinski definition) is 5. The Morgan fingerprint density at radius 1 is 1.53 bits per heavy atom. The second-order valence-electron chi connectivity index (χ2n) is 4.54. The average Bonchev–Trinajstić information content (AvgIpc) is 2.72. The number of hydrogen-bond donors (Lipinski definition) is 2. The minimum Gasteiger partial charge on any atom is -0.465 e. The van der Waals surface area contributed by atoms with Crippen LogP contribution < -0.4 is 11.1 Å². The van der Waals surface area contributed by atoms with E-state index >= 15 is 0 Å². The van der Waals surface area contributed by atoms with Gasteiger partial charge in [-0.2, -0.15) is 0 Å². The summed E-state index contributed by atoms with van der Waals surface area (Å²) in [5.74, 6) is -0.402. The highest BCUT2D eigenvalue weighted by Gasteiger charge is 2.29. The number of anilines is 2. The Morgan fingerprint density at radius 2 is 2.26 bits per heavy atom. The van der Waals surface area contributed by atoms with Gasteiger partial charge in [-0.15, -0.1) is 0 Å². The normalized spacial score (nSPS) is 18.5. The summed E-state index contributed by atoms with van der Waals surface area (Å²) in [5, 5.41) is 3.08. The molecule has 0 aromatic heterocycles. The third kappa shape index (κ3) is 2.62. The van der Waals surface area contributed by atoms with Gasteiger partial charge in [-0.25, -0.2) is 4.79 Å². The van der Waals surface area contributed by atoms with E-state index in [1.165, 1.54) is 7.11 Å². The Labute approximate surface area is 111 Å². The number of ether oxygens (including phenoxy) is 1. The molecule has 2 rings (SSSR count). The monoisotopic (exact) mass is 263 g/mol. The van der Waals surface area contributed by atoms with Gasteiger partial charge in [0.1, 0.15) is 6.04 Å². The number of likely N-dealkylation sites (tertiary alicyclic amines) is 1. The van der Waals surface area contributed by atoms with Crippen LogP contribution in [0.15, 0.2) is 18.2 Å². The van der Waals surface area contributed by atoms with Gasteiger partial charge < -0.3 is 20.7 Å². The number of nitrogens with zero attached hydrogens (tertiary/aromatic N) is 1. The van der Waals surface area contributed by atoms with Crippen molar-refractivity contribution in [1.29, 1.82) is 0 Å². The molecule has 1 amide bonds. The molecule has 1 aromatic carbocycles. The fourth-order valence-electron chi connectivity index (χ4n) is 2.07. The smallest absolute Gasteiger partial charge is 0.337 e. The fourth-order valence-corrected chi connectivity index (χ4v) is 2.07. The highest BCUT2D eigenvalue weighted by molar-refractivity contribution is 5.93. The Balaban J connectivity index is 2.20. The Hall–Kier alpha value is -2.24. The van der Waals surface area contributed by atoms with Crippen LogP contribution in [0.4, 0.5) is 11.4 Å². The second kappa shape index (κ2) is 5.17. The first kappa shape index (κ1) is 13.2. The standard InChI is InChI=1S/C13H17N3O3/c1-16-6-5-10(12(16)17)15-11-7-8(13(18)19-2)3-4-9(11)14/h3-4,7,10,15H,5-6,14H2,1-2H3. The second-order valence-corrected chi connectivity index (χ2v) is 4.54. The highest BCUT2D eigenvalue weighted by atomic mass is 16.5. The fraction of sp³-hybridized carbons (Fsp3) is 0.385. The van der Waals surface area contributed by atoms with Crippen molar-refractivity contribution in [2.75, 3.05) is 31.8 Å². The molecule has 3 N–H and O–H groups in total. The zero-order chi connectivity index (χ0) is 14.0. The van der Waals surface area contributed by atoms with E-state index < -0.39 is 5.97 Å². The van der Waals surface area contributed by atoms with Gasteiger partial charge in [0.2, 0.25) is 5.91 Å². The SMILES string of the molecule is COC(=O)c1ccc(N)c(NC2CCN(C)C2=O)c1. The molecular weight excluding hydrogens is 246 g/mol. The first-order chi connectivity index (χ1) is 9.02. The van der Waals surface area contributed by atoms with Crippen molar-refractivity contribution in [1.82, 2.24) is 4.90 Å². The Kier molecular flexibility index (Phi) is 3.59. The van der Waals surface area contributed by atoms with Gasteiger partial charge in [0.05, 0.1) is 24.0 Å². The number of carbonyl (C=O) groups excluding carboxylic acids is 2. The van der Waals surface area contributed by atoms with Gasteiger partial charge in [0.15, 0.2) is 0 Å². The number of likely N-dealkylation sites (N-methyl/N-ethyl adjacent to an activating group) is 1. The van der Waals surface area contributed by atoms with Crippen molar-refractivity contribution in [3.63, 3.8) is 0 Å². The van der Waals surface area contributed by atoms with Crippen LogP contribution in [-0.4, -0.2) is 43.5 Å². The first-order valence-electron chi connectivity index (χ1n) is 6.02. The van der Waals surface area contributed by atoms with Crippen molar-refractivity contribution in [3.05, 3.63) is 23.8 Å². The quantitative estimate of drug-likeness (QED) is 0.619. The summed E-state index contributed by atoms with van der Waals surface area (Å²) in [6.45, 7) is 0.715. The molecule has 1 fully saturated rings. The van der Waals surface area contributed by atoms with E-state index in [-0.39, 0.29) is 11.9 Å². The molecule has 0 aliphatic carbocycles. The van der Waals surface area contributed by atoms with Crippen LogP contribution in [0.1, 0.15) is 16.8 Å². The van der Waals surface area contributed by atoms with E-state index in [4.69, 9.17) is 5.73 Å². The van der Waals surface area contributed by atoms with Crippen molar-refractivity contribution >= 4 is 23.3 Å². The number of methoxy groups -OCH3 is 1. The summed E-state index contributed by atoms with van der Waals surface area (Å²) in [6, 6.07) is 4.53. The number of esters is 1. The topological polar surface area (TPSA) is 84.7 Å². The van der Waals surface area contributed by atoms with E-state index in [1.54, 1.807) is 30.1 Å². The number of benzene rings is 1. The number of amides is 1. The molecule has 1 aliphatic rings. The zero-order valence-corrected chi connectivity index (χ0v) is 11.0. The largest absolute Gasteiger partial charge is 0.465 e. The molecular formula is C13H17N3O3. The lowest BCUT2D eigenvalue weighted by Gasteiger charge is -2.15. The van der Waals surface area contributed by atoms with Crippen LogP contribution in [-0.2, 0) is 9.53 Å². The van der Waals surface area contributed by atoms with Gasteiger partial charge >= 0.3 is 5.97 Å². The first-order valence-corrected chi connectivity index (χ1v) is 6.02. The van der Waals surface area contributed by atoms with E-state index in [2.05, 4.69) is 10.1 Å². The summed E-state index contributed by atoms with van der Waals surface area (Å²) >= 11 is 0. The zero-order valence-electron chi connectivity index (χ0n) is 11.0. The number of carbonyl (C=O) groups is 2. The maximum absolute atomic E-state index is 11.8. The van der Waals surface area contributed by atoms with E-state index in [0.29, 0.717) is 23.5 Å². The molecule has 1 heterocycles. The van der Waals surface area contributed by atoms with Crippen molar-refractivity contribution in [3.8, 4) is 0 Å². The average molecular weight is 263 g/mol. The van der Waals surface area contributed by atoms with Crippen LogP contribution in [0.5, 0.6) is 0 Å². The molecule has 6 nitrogen and oxygen atoms in total. The third-order valence-electron chi connectivity index (χ3n) is 3.23. The molecule has 1 aliphatic heterocycles. The maximum Gasteiger partial charge on any atom is 0.337 e. The lowest BCUT2D eigenvalue weighted by molar-refractivity contribution is -0.127. The molecule has 1 unspecified atom stereocenters. The van der Waals surface area contributed by atoms with E-state index in [1.807, 2.05) is 0 Å². The molecule has 19 heavy (non-hydrogen) atoms. The van der Waals surface area contributed by atoms with Crippen LogP contribution in [0.3, 0.4) is 0 Å². The van der Waals surface area contributed by atoms with Crippen LogP contribution in [0.2, 0.25) is 0 Å². The summed E-state index contributed by atoms with van der Waals surface area (Å²) in [4.78, 5) is 25.0. The van der Waals surface area contributed by atoms with Crippen LogP contribution in [0, 0.1) is 0 Å². The highest BCUT2D eigenvalue weighted by Crippen LogP contribution is 2.24. The van der Waals surface area contributed by atoms with Crippen molar-refractivity contribution in [2.24, 2.45) is 0 Å². The maximum atomic E-state index is 11.8. The summed E-state index contributed by atoms with van der Waals surface area (Å²) in [5.41, 5.74) is 7.33. The molecule has 0 spiro atoms. The molecule has 0 bridgehead atoms. The molecule has 1 atom stereocenters. The van der Waals surface area contributed by atoms with Crippen LogP contribution in [0.25, 0.3) is 0 Å². The van der Waals surface area contributed by atoms with Gasteiger partial charge in [0, 0.05) is 13.6 Å². The third-order valence-corrected chi connectivity index (χ3v) is 3.23. The van der Waals surface area contributed by atoms with E-state index in [9.17, 15) is 9.59 Å². The number of nitrogen functional groups attached to an aromatic ring is 1. The van der Waals surface area contributed by atoms with E-state index in [0.717, 1.165) is 6.42 Å². The molecule has 0 radical (unpaired) electrons. The van der Waals surface area contributed by atoms with Crippen molar-refractivity contribution in [2.45, 2.75) is 12.5 Å². The summed E-state index contributed by atoms with van der Waals surface area (Å²) < 4.78 is 4.66. The van der Waals surface area contributed by atoms with Gasteiger partial charge in [-0.1, -0.05) is 0 Å². The van der Waals surface area contributed by atoms with Gasteiger partial charge in [0.25, 0.3) is 0 Å². The summed E-state index contributed by atoms with van der Waals surface area (Å²) in [7, 11) is 3.08. The Morgan fingerprint density at radius 3 is 2.84 bits per heavy atom. The molecule has 102 valence electrons. The predicted octanol–water partition coefficient (Wildman–Crippen LogP) is 0.698. The van der Waals surface area contributed by atoms with Gasteiger partial charge in [-0.05, 0) is 24.6 Å². The number of nitrogens with two attached hydrogens (primary N) is 1. The Bertz CT molecular complexity index is 516. The van der Waals surface area contributed by atoms with Crippen LogP contribution >= 0.6 is 0 Å². The lowest BCUT2D eigenvalue weighted by atomic mass is 10.1. The molecule has 1 saturated heterocycles. The molecule has 6 heteroatoms. The number of rotatable bonds is 3. The minimum atomic E-state index is -0.432. The minimum absolute atomic E-state index is 0.0304. The number of nitrogens with one attached hydrogen (secondary N) is 1. The lowest BCUT2D eigenvalue weighted by Crippen LogP contribution is -2.31. The van der Waals surface area contributed by atoms with Gasteiger partial charge in [-0.3, -0.25) is 4.79 Å². The molecule has 1 aromatic rings. The molecule has 0 saturated carbocycles. The summed E-state index contributed by atoms with van der Waals surface area (Å²) in [6.07, 6.45) is 0.719. The van der Waals surface area contributed by atoms with Crippen molar-refractivity contribution < 1.29 is 14.3 Å².